The molecule has 0 saturated heterocycles. The van der Waals surface area contributed by atoms with Gasteiger partial charge in [-0.2, -0.15) is 0 Å². The maximum absolute atomic E-state index is 3.50. The largest absolute Gasteiger partial charge is 0.377 e. The van der Waals surface area contributed by atoms with E-state index in [1.54, 1.807) is 0 Å². The standard InChI is InChI=1S/C8H9BrIN/c1-11(2)8-4-3-6(10)5-7(8)9/h3-5H,1-2H3. The number of rotatable bonds is 1. The highest BCUT2D eigenvalue weighted by Crippen LogP contribution is 2.25. The fourth-order valence-electron chi connectivity index (χ4n) is 0.844. The summed E-state index contributed by atoms with van der Waals surface area (Å²) in [6.45, 7) is 0. The molecule has 0 atom stereocenters. The molecule has 0 aliphatic heterocycles. The molecule has 1 aromatic rings. The van der Waals surface area contributed by atoms with E-state index >= 15 is 0 Å². The van der Waals surface area contributed by atoms with Gasteiger partial charge in [0.25, 0.3) is 0 Å². The summed E-state index contributed by atoms with van der Waals surface area (Å²) in [6, 6.07) is 6.31. The van der Waals surface area contributed by atoms with E-state index in [1.807, 2.05) is 14.1 Å². The van der Waals surface area contributed by atoms with E-state index < -0.39 is 0 Å². The van der Waals surface area contributed by atoms with E-state index in [-0.39, 0.29) is 0 Å². The summed E-state index contributed by atoms with van der Waals surface area (Å²) < 4.78 is 2.40. The van der Waals surface area contributed by atoms with Gasteiger partial charge in [-0.15, -0.1) is 0 Å². The SMILES string of the molecule is CN(C)c1ccc(I)cc1Br. The van der Waals surface area contributed by atoms with E-state index in [1.165, 1.54) is 9.26 Å². The Bertz CT molecular complexity index is 260. The second-order valence-corrected chi connectivity index (χ2v) is 4.59. The Labute approximate surface area is 89.1 Å². The van der Waals surface area contributed by atoms with E-state index in [9.17, 15) is 0 Å². The number of hydrogen-bond acceptors (Lipinski definition) is 1. The minimum atomic E-state index is 1.15. The first-order chi connectivity index (χ1) is 5.11. The van der Waals surface area contributed by atoms with Gasteiger partial charge in [0.15, 0.2) is 0 Å². The van der Waals surface area contributed by atoms with Crippen LogP contribution < -0.4 is 4.90 Å². The van der Waals surface area contributed by atoms with Gasteiger partial charge < -0.3 is 4.90 Å². The molecule has 3 heteroatoms. The Morgan fingerprint density at radius 1 is 1.36 bits per heavy atom. The van der Waals surface area contributed by atoms with Crippen molar-refractivity contribution in [2.45, 2.75) is 0 Å². The molecule has 0 saturated carbocycles. The first-order valence-corrected chi connectivity index (χ1v) is 5.11. The number of anilines is 1. The Hall–Kier alpha value is 0.230. The molecule has 0 N–H and O–H groups in total. The highest BCUT2D eigenvalue weighted by Gasteiger charge is 2.00. The van der Waals surface area contributed by atoms with Gasteiger partial charge in [0, 0.05) is 22.1 Å². The van der Waals surface area contributed by atoms with Gasteiger partial charge in [-0.1, -0.05) is 0 Å². The van der Waals surface area contributed by atoms with Gasteiger partial charge in [0.1, 0.15) is 0 Å². The van der Waals surface area contributed by atoms with E-state index in [4.69, 9.17) is 0 Å². The number of halogens is 2. The number of hydrogen-bond donors (Lipinski definition) is 0. The summed E-state index contributed by atoms with van der Waals surface area (Å²) in [6.07, 6.45) is 0. The van der Waals surface area contributed by atoms with E-state index in [2.05, 4.69) is 61.6 Å². The summed E-state index contributed by atoms with van der Waals surface area (Å²) in [5.41, 5.74) is 1.21. The Morgan fingerprint density at radius 3 is 2.45 bits per heavy atom. The van der Waals surface area contributed by atoms with Crippen LogP contribution in [0.2, 0.25) is 0 Å². The molecule has 0 fully saturated rings. The van der Waals surface area contributed by atoms with Crippen LogP contribution in [0.5, 0.6) is 0 Å². The van der Waals surface area contributed by atoms with Gasteiger partial charge in [-0.25, -0.2) is 0 Å². The van der Waals surface area contributed by atoms with Crippen molar-refractivity contribution in [2.24, 2.45) is 0 Å². The molecule has 11 heavy (non-hydrogen) atoms. The predicted molar refractivity (Wildman–Crippen MR) is 61.2 cm³/mol. The lowest BCUT2D eigenvalue weighted by atomic mass is 10.3. The fourth-order valence-corrected chi connectivity index (χ4v) is 2.50. The fraction of sp³-hybridized carbons (Fsp3) is 0.250. The molecular formula is C8H9BrIN. The van der Waals surface area contributed by atoms with Crippen LogP contribution in [0.15, 0.2) is 22.7 Å². The zero-order valence-electron chi connectivity index (χ0n) is 6.44. The third-order valence-electron chi connectivity index (χ3n) is 1.39. The van der Waals surface area contributed by atoms with Crippen LogP contribution in [0.4, 0.5) is 5.69 Å². The maximum Gasteiger partial charge on any atom is 0.0506 e. The van der Waals surface area contributed by atoms with Crippen molar-refractivity contribution < 1.29 is 0 Å². The van der Waals surface area contributed by atoms with Crippen molar-refractivity contribution in [3.05, 3.63) is 26.2 Å². The van der Waals surface area contributed by atoms with Gasteiger partial charge in [-0.3, -0.25) is 0 Å². The summed E-state index contributed by atoms with van der Waals surface area (Å²) in [5.74, 6) is 0. The van der Waals surface area contributed by atoms with E-state index in [0.29, 0.717) is 0 Å². The predicted octanol–water partition coefficient (Wildman–Crippen LogP) is 3.12. The lowest BCUT2D eigenvalue weighted by Crippen LogP contribution is -2.08. The van der Waals surface area contributed by atoms with Crippen molar-refractivity contribution in [1.29, 1.82) is 0 Å². The summed E-state index contributed by atoms with van der Waals surface area (Å²) >= 11 is 5.80. The highest BCUT2D eigenvalue weighted by molar-refractivity contribution is 14.1. The van der Waals surface area contributed by atoms with Crippen LogP contribution in [0, 0.1) is 3.57 Å². The van der Waals surface area contributed by atoms with Crippen LogP contribution in [0.3, 0.4) is 0 Å². The van der Waals surface area contributed by atoms with Gasteiger partial charge in [0.05, 0.1) is 5.69 Å². The van der Waals surface area contributed by atoms with Crippen molar-refractivity contribution in [1.82, 2.24) is 0 Å². The third kappa shape index (κ3) is 2.33. The molecule has 1 rings (SSSR count). The second kappa shape index (κ2) is 3.76. The van der Waals surface area contributed by atoms with Crippen molar-refractivity contribution in [2.75, 3.05) is 19.0 Å². The summed E-state index contributed by atoms with van der Waals surface area (Å²) in [7, 11) is 4.07. The molecule has 1 aromatic carbocycles. The van der Waals surface area contributed by atoms with E-state index in [0.717, 1.165) is 4.47 Å². The lowest BCUT2D eigenvalue weighted by molar-refractivity contribution is 1.12. The van der Waals surface area contributed by atoms with Crippen LogP contribution in [-0.4, -0.2) is 14.1 Å². The average molecular weight is 326 g/mol. The van der Waals surface area contributed by atoms with Crippen molar-refractivity contribution >= 4 is 44.2 Å². The molecule has 0 aliphatic carbocycles. The first kappa shape index (κ1) is 9.32. The number of nitrogens with zero attached hydrogens (tertiary/aromatic N) is 1. The first-order valence-electron chi connectivity index (χ1n) is 3.23. The van der Waals surface area contributed by atoms with Crippen molar-refractivity contribution in [3.63, 3.8) is 0 Å². The minimum Gasteiger partial charge on any atom is -0.377 e. The molecule has 0 aromatic heterocycles. The highest BCUT2D eigenvalue weighted by atomic mass is 127. The Morgan fingerprint density at radius 2 is 2.00 bits per heavy atom. The smallest absolute Gasteiger partial charge is 0.0506 e. The lowest BCUT2D eigenvalue weighted by Gasteiger charge is -2.14. The minimum absolute atomic E-state index is 1.15. The quantitative estimate of drug-likeness (QED) is 0.717. The molecule has 1 nitrogen and oxygen atoms in total. The Balaban J connectivity index is 3.09. The second-order valence-electron chi connectivity index (χ2n) is 2.49. The van der Waals surface area contributed by atoms with Crippen LogP contribution in [0.25, 0.3) is 0 Å². The molecule has 0 unspecified atom stereocenters. The molecule has 0 bridgehead atoms. The van der Waals surface area contributed by atoms with Gasteiger partial charge in [-0.05, 0) is 56.7 Å². The number of benzene rings is 1. The molecule has 0 aliphatic rings. The molecule has 0 radical (unpaired) electrons. The molecular weight excluding hydrogens is 317 g/mol. The topological polar surface area (TPSA) is 3.24 Å². The third-order valence-corrected chi connectivity index (χ3v) is 2.70. The zero-order chi connectivity index (χ0) is 8.43. The van der Waals surface area contributed by atoms with Crippen LogP contribution in [0.1, 0.15) is 0 Å². The van der Waals surface area contributed by atoms with Gasteiger partial charge in [0.2, 0.25) is 0 Å². The summed E-state index contributed by atoms with van der Waals surface area (Å²) in [5, 5.41) is 0. The van der Waals surface area contributed by atoms with Crippen molar-refractivity contribution in [3.8, 4) is 0 Å². The maximum atomic E-state index is 3.50. The normalized spacial score (nSPS) is 9.82. The summed E-state index contributed by atoms with van der Waals surface area (Å²) in [4.78, 5) is 2.08. The molecule has 0 spiro atoms. The molecule has 0 heterocycles. The molecule has 60 valence electrons. The van der Waals surface area contributed by atoms with Crippen LogP contribution >= 0.6 is 38.5 Å². The monoisotopic (exact) mass is 325 g/mol. The Kier molecular flexibility index (Phi) is 3.18. The zero-order valence-corrected chi connectivity index (χ0v) is 10.2. The van der Waals surface area contributed by atoms with Gasteiger partial charge >= 0.3 is 0 Å². The van der Waals surface area contributed by atoms with Crippen LogP contribution in [-0.2, 0) is 0 Å². The average Bonchev–Trinajstić information content (AvgIpc) is 1.85. The molecule has 0 amide bonds.